The molecule has 0 amide bonds. The third kappa shape index (κ3) is 4.11. The van der Waals surface area contributed by atoms with Crippen molar-refractivity contribution in [3.63, 3.8) is 0 Å². The smallest absolute Gasteiger partial charge is 0.269 e. The summed E-state index contributed by atoms with van der Waals surface area (Å²) in [5, 5.41) is 3.43. The minimum absolute atomic E-state index is 0.0619. The summed E-state index contributed by atoms with van der Waals surface area (Å²) in [6, 6.07) is 15.2. The summed E-state index contributed by atoms with van der Waals surface area (Å²) in [4.78, 5) is 10.1. The molecule has 9 nitrogen and oxygen atoms in total. The molecule has 0 spiro atoms. The molecule has 1 aliphatic heterocycles. The van der Waals surface area contributed by atoms with E-state index in [-0.39, 0.29) is 15.7 Å². The summed E-state index contributed by atoms with van der Waals surface area (Å²) in [6.07, 6.45) is 6.28. The van der Waals surface area contributed by atoms with Crippen LogP contribution in [0.1, 0.15) is 30.0 Å². The first-order valence-electron chi connectivity index (χ1n) is 12.4. The van der Waals surface area contributed by atoms with Gasteiger partial charge < -0.3 is 5.32 Å². The van der Waals surface area contributed by atoms with Crippen molar-refractivity contribution in [1.82, 2.24) is 23.7 Å². The molecule has 196 valence electrons. The molecule has 11 heteroatoms. The molecule has 38 heavy (non-hydrogen) atoms. The summed E-state index contributed by atoms with van der Waals surface area (Å²) in [5.41, 5.74) is 4.94. The van der Waals surface area contributed by atoms with Crippen molar-refractivity contribution in [1.29, 1.82) is 0 Å². The van der Waals surface area contributed by atoms with E-state index in [4.69, 9.17) is 9.97 Å². The number of nitrogens with one attached hydrogen (secondary N) is 1. The number of hydrogen-bond acceptors (Lipinski definition) is 7. The Morgan fingerprint density at radius 2 is 1.66 bits per heavy atom. The van der Waals surface area contributed by atoms with Crippen molar-refractivity contribution in [3.05, 3.63) is 78.4 Å². The number of rotatable bonds is 5. The van der Waals surface area contributed by atoms with Crippen LogP contribution in [-0.4, -0.2) is 54.5 Å². The van der Waals surface area contributed by atoms with Crippen molar-refractivity contribution < 1.29 is 16.8 Å². The van der Waals surface area contributed by atoms with Gasteiger partial charge in [0.05, 0.1) is 32.2 Å². The molecule has 0 saturated carbocycles. The second-order valence-corrected chi connectivity index (χ2v) is 13.6. The van der Waals surface area contributed by atoms with Crippen LogP contribution in [0.15, 0.2) is 76.9 Å². The molecule has 1 N–H and O–H groups in total. The zero-order valence-corrected chi connectivity index (χ0v) is 22.6. The predicted octanol–water partition coefficient (Wildman–Crippen LogP) is 3.77. The number of fused-ring (bicyclic) bond motifs is 3. The first-order valence-corrected chi connectivity index (χ1v) is 15.7. The van der Waals surface area contributed by atoms with Gasteiger partial charge in [0.15, 0.2) is 15.5 Å². The van der Waals surface area contributed by atoms with Gasteiger partial charge in [-0.15, -0.1) is 0 Å². The highest BCUT2D eigenvalue weighted by molar-refractivity contribution is 7.90. The third-order valence-corrected chi connectivity index (χ3v) is 9.93. The summed E-state index contributed by atoms with van der Waals surface area (Å²) < 4.78 is 54.3. The van der Waals surface area contributed by atoms with E-state index in [1.807, 2.05) is 11.3 Å². The Morgan fingerprint density at radius 1 is 0.947 bits per heavy atom. The van der Waals surface area contributed by atoms with Gasteiger partial charge in [0.2, 0.25) is 0 Å². The zero-order valence-electron chi connectivity index (χ0n) is 21.0. The molecule has 6 rings (SSSR count). The number of hydrogen-bond donors (Lipinski definition) is 1. The summed E-state index contributed by atoms with van der Waals surface area (Å²) >= 11 is 0. The molecule has 2 aromatic carbocycles. The van der Waals surface area contributed by atoms with E-state index in [0.29, 0.717) is 16.9 Å². The van der Waals surface area contributed by atoms with Gasteiger partial charge in [-0.05, 0) is 56.6 Å². The molecule has 4 heterocycles. The number of aromatic nitrogens is 4. The van der Waals surface area contributed by atoms with Gasteiger partial charge in [0, 0.05) is 30.5 Å². The average molecular weight is 550 g/mol. The maximum atomic E-state index is 13.6. The Balaban J connectivity index is 1.59. The van der Waals surface area contributed by atoms with Crippen LogP contribution in [0.3, 0.4) is 0 Å². The molecule has 5 aromatic rings. The van der Waals surface area contributed by atoms with Crippen molar-refractivity contribution in [2.24, 2.45) is 0 Å². The van der Waals surface area contributed by atoms with Crippen LogP contribution in [0.5, 0.6) is 0 Å². The van der Waals surface area contributed by atoms with Crippen molar-refractivity contribution >= 4 is 36.5 Å². The molecule has 1 fully saturated rings. The fourth-order valence-electron chi connectivity index (χ4n) is 5.09. The number of piperidine rings is 1. The lowest BCUT2D eigenvalue weighted by atomic mass is 9.94. The van der Waals surface area contributed by atoms with E-state index in [0.717, 1.165) is 48.3 Å². The fraction of sp³-hybridized carbons (Fsp3) is 0.259. The number of imidazole rings is 1. The third-order valence-electron chi connectivity index (χ3n) is 7.12. The Morgan fingerprint density at radius 3 is 2.32 bits per heavy atom. The van der Waals surface area contributed by atoms with Gasteiger partial charge >= 0.3 is 0 Å². The van der Waals surface area contributed by atoms with Crippen molar-refractivity contribution in [2.75, 3.05) is 19.3 Å². The highest BCUT2D eigenvalue weighted by Gasteiger charge is 2.27. The quantitative estimate of drug-likeness (QED) is 0.355. The van der Waals surface area contributed by atoms with E-state index in [1.165, 1.54) is 16.4 Å². The lowest BCUT2D eigenvalue weighted by Gasteiger charge is -2.23. The van der Waals surface area contributed by atoms with Gasteiger partial charge in [0.1, 0.15) is 6.33 Å². The molecule has 1 aliphatic rings. The maximum absolute atomic E-state index is 13.6. The molecule has 3 aromatic heterocycles. The van der Waals surface area contributed by atoms with Crippen LogP contribution in [0, 0.1) is 6.92 Å². The van der Waals surface area contributed by atoms with Gasteiger partial charge in [0.25, 0.3) is 10.0 Å². The Hall–Kier alpha value is -3.54. The molecule has 0 bridgehead atoms. The SMILES string of the molecule is Cc1ccc(S(=O)(=O)n2ccc3c2nc([C@H]2CCCNC2)c2c(-c4ccc(S(C)(=O)=O)cc4)ncn23)cc1. The molecule has 0 aliphatic carbocycles. The summed E-state index contributed by atoms with van der Waals surface area (Å²) in [7, 11) is -7.20. The molecular weight excluding hydrogens is 522 g/mol. The monoisotopic (exact) mass is 549 g/mol. The van der Waals surface area contributed by atoms with E-state index in [2.05, 4.69) is 5.32 Å². The maximum Gasteiger partial charge on any atom is 0.269 e. The zero-order chi connectivity index (χ0) is 26.7. The molecule has 1 atom stereocenters. The lowest BCUT2D eigenvalue weighted by Crippen LogP contribution is -2.29. The molecule has 0 unspecified atom stereocenters. The van der Waals surface area contributed by atoms with Crippen LogP contribution in [0.4, 0.5) is 0 Å². The van der Waals surface area contributed by atoms with Gasteiger partial charge in [-0.2, -0.15) is 0 Å². The van der Waals surface area contributed by atoms with Gasteiger partial charge in [-0.1, -0.05) is 29.8 Å². The Labute approximate surface area is 221 Å². The number of sulfone groups is 1. The topological polar surface area (TPSA) is 115 Å². The minimum atomic E-state index is -3.87. The summed E-state index contributed by atoms with van der Waals surface area (Å²) in [6.45, 7) is 3.55. The van der Waals surface area contributed by atoms with E-state index < -0.39 is 19.9 Å². The normalized spacial score (nSPS) is 16.8. The second-order valence-electron chi connectivity index (χ2n) is 9.79. The van der Waals surface area contributed by atoms with E-state index >= 15 is 0 Å². The van der Waals surface area contributed by atoms with Crippen LogP contribution < -0.4 is 5.32 Å². The largest absolute Gasteiger partial charge is 0.316 e. The van der Waals surface area contributed by atoms with Crippen LogP contribution in [0.25, 0.3) is 27.9 Å². The van der Waals surface area contributed by atoms with E-state index in [9.17, 15) is 16.8 Å². The lowest BCUT2D eigenvalue weighted by molar-refractivity contribution is 0.457. The highest BCUT2D eigenvalue weighted by Crippen LogP contribution is 2.35. The van der Waals surface area contributed by atoms with Crippen LogP contribution >= 0.6 is 0 Å². The minimum Gasteiger partial charge on any atom is -0.316 e. The standard InChI is InChI=1S/C27H27N5O4S2/c1-18-5-9-22(10-6-18)38(35,36)32-15-13-23-27(32)30-25(20-4-3-14-28-16-20)26-24(29-17-31(23)26)19-7-11-21(12-8-19)37(2,33)34/h5-13,15,17,20,28H,3-4,14,16H2,1-2H3/t20-/m0/s1. The molecular formula is C27H27N5O4S2. The number of aryl methyl sites for hydroxylation is 1. The fourth-order valence-corrected chi connectivity index (χ4v) is 7.01. The van der Waals surface area contributed by atoms with Gasteiger partial charge in [-0.25, -0.2) is 30.8 Å². The molecule has 0 radical (unpaired) electrons. The average Bonchev–Trinajstić information content (AvgIpc) is 3.54. The van der Waals surface area contributed by atoms with Crippen molar-refractivity contribution in [3.8, 4) is 11.3 Å². The Bertz CT molecular complexity index is 1880. The number of nitrogens with zero attached hydrogens (tertiary/aromatic N) is 4. The van der Waals surface area contributed by atoms with Crippen molar-refractivity contribution in [2.45, 2.75) is 35.5 Å². The second kappa shape index (κ2) is 9.04. The first-order chi connectivity index (χ1) is 18.1. The predicted molar refractivity (Wildman–Crippen MR) is 146 cm³/mol. The summed E-state index contributed by atoms with van der Waals surface area (Å²) in [5.74, 6) is 0.0619. The van der Waals surface area contributed by atoms with Gasteiger partial charge in [-0.3, -0.25) is 4.40 Å². The number of benzene rings is 2. The highest BCUT2D eigenvalue weighted by atomic mass is 32.2. The first kappa shape index (κ1) is 24.8. The molecule has 1 saturated heterocycles. The Kier molecular flexibility index (Phi) is 5.89. The van der Waals surface area contributed by atoms with Crippen LogP contribution in [0.2, 0.25) is 0 Å². The van der Waals surface area contributed by atoms with E-state index in [1.54, 1.807) is 60.9 Å². The van der Waals surface area contributed by atoms with Crippen LogP contribution in [-0.2, 0) is 19.9 Å².